The quantitative estimate of drug-likeness (QED) is 0.715. The lowest BCUT2D eigenvalue weighted by Gasteiger charge is -2.24. The zero-order chi connectivity index (χ0) is 19.5. The fraction of sp³-hybridized carbons (Fsp3) is 0.409. The summed E-state index contributed by atoms with van der Waals surface area (Å²) in [6, 6.07) is 14.7. The third-order valence-corrected chi connectivity index (χ3v) is 5.52. The summed E-state index contributed by atoms with van der Waals surface area (Å²) in [5.41, 5.74) is 4.82. The van der Waals surface area contributed by atoms with Gasteiger partial charge in [-0.15, -0.1) is 0 Å². The Morgan fingerprint density at radius 1 is 1.21 bits per heavy atom. The van der Waals surface area contributed by atoms with Crippen molar-refractivity contribution < 1.29 is 4.79 Å². The van der Waals surface area contributed by atoms with E-state index in [1.54, 1.807) is 0 Å². The van der Waals surface area contributed by atoms with Gasteiger partial charge in [-0.05, 0) is 57.2 Å². The normalized spacial score (nSPS) is 16.6. The summed E-state index contributed by atoms with van der Waals surface area (Å²) in [6.45, 7) is 5.42. The minimum absolute atomic E-state index is 0.0337. The lowest BCUT2D eigenvalue weighted by molar-refractivity contribution is 0.0724. The molecule has 4 rings (SSSR count). The van der Waals surface area contributed by atoms with Crippen LogP contribution in [0.5, 0.6) is 0 Å². The summed E-state index contributed by atoms with van der Waals surface area (Å²) in [5.74, 6) is 0.0337. The smallest absolute Gasteiger partial charge is 0.274 e. The van der Waals surface area contributed by atoms with Crippen molar-refractivity contribution in [2.45, 2.75) is 52.1 Å². The number of nitrogens with zero attached hydrogens (tertiary/aromatic N) is 4. The second-order valence-electron chi connectivity index (χ2n) is 7.68. The summed E-state index contributed by atoms with van der Waals surface area (Å²) < 4.78 is 1.93. The second-order valence-corrected chi connectivity index (χ2v) is 7.68. The van der Waals surface area contributed by atoms with Crippen LogP contribution in [-0.4, -0.2) is 43.4 Å². The fourth-order valence-corrected chi connectivity index (χ4v) is 4.08. The summed E-state index contributed by atoms with van der Waals surface area (Å²) in [7, 11) is 0. The van der Waals surface area contributed by atoms with Crippen LogP contribution in [0.1, 0.15) is 52.4 Å². The van der Waals surface area contributed by atoms with E-state index in [1.807, 2.05) is 41.6 Å². The Balaban J connectivity index is 1.40. The first kappa shape index (κ1) is 18.5. The van der Waals surface area contributed by atoms with E-state index in [-0.39, 0.29) is 5.91 Å². The van der Waals surface area contributed by atoms with Gasteiger partial charge in [0.15, 0.2) is 0 Å². The van der Waals surface area contributed by atoms with E-state index in [0.717, 1.165) is 49.3 Å². The number of hydrogen-bond donors (Lipinski definition) is 1. The molecule has 0 saturated carbocycles. The van der Waals surface area contributed by atoms with Gasteiger partial charge in [0.2, 0.25) is 0 Å². The van der Waals surface area contributed by atoms with Gasteiger partial charge < -0.3 is 4.90 Å². The number of amides is 1. The van der Waals surface area contributed by atoms with Crippen LogP contribution in [0.4, 0.5) is 0 Å². The molecule has 1 aliphatic rings. The highest BCUT2D eigenvalue weighted by molar-refractivity contribution is 5.92. The molecular formula is C22H27N5O. The van der Waals surface area contributed by atoms with Crippen molar-refractivity contribution in [1.82, 2.24) is 24.9 Å². The van der Waals surface area contributed by atoms with Gasteiger partial charge in [0.25, 0.3) is 5.91 Å². The molecule has 2 aromatic heterocycles. The average Bonchev–Trinajstić information content (AvgIpc) is 3.41. The molecule has 1 N–H and O–H groups in total. The zero-order valence-electron chi connectivity index (χ0n) is 16.6. The summed E-state index contributed by atoms with van der Waals surface area (Å²) in [4.78, 5) is 15.0. The maximum Gasteiger partial charge on any atom is 0.274 e. The van der Waals surface area contributed by atoms with Gasteiger partial charge in [-0.25, -0.2) is 0 Å². The third-order valence-electron chi connectivity index (χ3n) is 5.52. The number of aryl methyl sites for hydroxylation is 3. The largest absolute Gasteiger partial charge is 0.334 e. The van der Waals surface area contributed by atoms with E-state index < -0.39 is 0 Å². The van der Waals surface area contributed by atoms with Gasteiger partial charge >= 0.3 is 0 Å². The fourth-order valence-electron chi connectivity index (χ4n) is 4.08. The SMILES string of the molecule is Cc1cc(C)n(Cc2cc(C(=O)N3CCC[C@@H]3CCc3ccccc3)n[nH]2)n1. The molecule has 146 valence electrons. The Bertz CT molecular complexity index is 943. The van der Waals surface area contributed by atoms with E-state index in [4.69, 9.17) is 0 Å². The highest BCUT2D eigenvalue weighted by Crippen LogP contribution is 2.24. The predicted molar refractivity (Wildman–Crippen MR) is 108 cm³/mol. The van der Waals surface area contributed by atoms with Crippen LogP contribution >= 0.6 is 0 Å². The van der Waals surface area contributed by atoms with Crippen LogP contribution in [-0.2, 0) is 13.0 Å². The highest BCUT2D eigenvalue weighted by atomic mass is 16.2. The van der Waals surface area contributed by atoms with Crippen LogP contribution in [0.3, 0.4) is 0 Å². The molecule has 0 spiro atoms. The molecule has 1 saturated heterocycles. The molecule has 1 amide bonds. The Morgan fingerprint density at radius 3 is 2.79 bits per heavy atom. The van der Waals surface area contributed by atoms with Crippen LogP contribution in [0.2, 0.25) is 0 Å². The van der Waals surface area contributed by atoms with Crippen molar-refractivity contribution in [2.75, 3.05) is 6.54 Å². The monoisotopic (exact) mass is 377 g/mol. The van der Waals surface area contributed by atoms with Gasteiger partial charge in [-0.3, -0.25) is 14.6 Å². The van der Waals surface area contributed by atoms with Gasteiger partial charge in [0.05, 0.1) is 17.9 Å². The molecule has 28 heavy (non-hydrogen) atoms. The molecule has 1 fully saturated rings. The van der Waals surface area contributed by atoms with Gasteiger partial charge in [-0.2, -0.15) is 10.2 Å². The number of rotatable bonds is 6. The first-order chi connectivity index (χ1) is 13.6. The van der Waals surface area contributed by atoms with Crippen molar-refractivity contribution in [3.8, 4) is 0 Å². The number of aromatic amines is 1. The molecule has 1 aromatic carbocycles. The average molecular weight is 377 g/mol. The van der Waals surface area contributed by atoms with E-state index in [0.29, 0.717) is 18.3 Å². The molecule has 0 bridgehead atoms. The Labute approximate surface area is 165 Å². The number of likely N-dealkylation sites (tertiary alicyclic amines) is 1. The Hall–Kier alpha value is -2.89. The minimum Gasteiger partial charge on any atom is -0.334 e. The van der Waals surface area contributed by atoms with Crippen LogP contribution in [0.25, 0.3) is 0 Å². The summed E-state index contributed by atoms with van der Waals surface area (Å²) in [6.07, 6.45) is 4.13. The first-order valence-electron chi connectivity index (χ1n) is 10.0. The third kappa shape index (κ3) is 4.01. The molecule has 3 aromatic rings. The molecule has 6 nitrogen and oxygen atoms in total. The molecular weight excluding hydrogens is 350 g/mol. The maximum absolute atomic E-state index is 13.0. The van der Waals surface area contributed by atoms with Crippen molar-refractivity contribution in [2.24, 2.45) is 0 Å². The van der Waals surface area contributed by atoms with Gasteiger partial charge in [0.1, 0.15) is 5.69 Å². The first-order valence-corrected chi connectivity index (χ1v) is 10.0. The molecule has 1 atom stereocenters. The van der Waals surface area contributed by atoms with Crippen molar-refractivity contribution >= 4 is 5.91 Å². The molecule has 0 radical (unpaired) electrons. The number of H-pyrrole nitrogens is 1. The van der Waals surface area contributed by atoms with Crippen molar-refractivity contribution in [3.63, 3.8) is 0 Å². The summed E-state index contributed by atoms with van der Waals surface area (Å²) in [5, 5.41) is 11.8. The standard InChI is InChI=1S/C22H27N5O/c1-16-13-17(2)27(25-16)15-19-14-21(24-23-19)22(28)26-12-6-9-20(26)11-10-18-7-4-3-5-8-18/h3-5,7-8,13-14,20H,6,9-12,15H2,1-2H3,(H,23,24)/t20-/m1/s1. The highest BCUT2D eigenvalue weighted by Gasteiger charge is 2.30. The lowest BCUT2D eigenvalue weighted by Crippen LogP contribution is -2.36. The van der Waals surface area contributed by atoms with Crippen LogP contribution in [0, 0.1) is 13.8 Å². The molecule has 1 aliphatic heterocycles. The molecule has 6 heteroatoms. The number of carbonyl (C=O) groups excluding carboxylic acids is 1. The van der Waals surface area contributed by atoms with Crippen LogP contribution in [0.15, 0.2) is 42.5 Å². The summed E-state index contributed by atoms with van der Waals surface area (Å²) >= 11 is 0. The molecule has 0 aliphatic carbocycles. The van der Waals surface area contributed by atoms with Gasteiger partial charge in [0, 0.05) is 18.3 Å². The van der Waals surface area contributed by atoms with Gasteiger partial charge in [-0.1, -0.05) is 30.3 Å². The number of aromatic nitrogens is 4. The second kappa shape index (κ2) is 8.00. The predicted octanol–water partition coefficient (Wildman–Crippen LogP) is 3.51. The number of benzene rings is 1. The number of carbonyl (C=O) groups is 1. The van der Waals surface area contributed by atoms with E-state index in [9.17, 15) is 4.79 Å². The minimum atomic E-state index is 0.0337. The maximum atomic E-state index is 13.0. The van der Waals surface area contributed by atoms with Crippen molar-refractivity contribution in [3.05, 3.63) is 70.8 Å². The van der Waals surface area contributed by atoms with E-state index in [2.05, 4.69) is 39.6 Å². The van der Waals surface area contributed by atoms with E-state index >= 15 is 0 Å². The number of hydrogen-bond acceptors (Lipinski definition) is 3. The number of nitrogens with one attached hydrogen (secondary N) is 1. The topological polar surface area (TPSA) is 66.8 Å². The lowest BCUT2D eigenvalue weighted by atomic mass is 10.0. The Kier molecular flexibility index (Phi) is 5.28. The van der Waals surface area contributed by atoms with Crippen molar-refractivity contribution in [1.29, 1.82) is 0 Å². The van der Waals surface area contributed by atoms with Crippen LogP contribution < -0.4 is 0 Å². The molecule has 0 unspecified atom stereocenters. The van der Waals surface area contributed by atoms with E-state index in [1.165, 1.54) is 5.56 Å². The molecule has 3 heterocycles. The Morgan fingerprint density at radius 2 is 2.04 bits per heavy atom. The zero-order valence-corrected chi connectivity index (χ0v) is 16.6.